The van der Waals surface area contributed by atoms with Crippen molar-refractivity contribution in [3.63, 3.8) is 0 Å². The molecule has 0 bridgehead atoms. The number of nitrogens with zero attached hydrogens (tertiary/aromatic N) is 1. The van der Waals surface area contributed by atoms with Crippen molar-refractivity contribution in [2.24, 2.45) is 0 Å². The minimum atomic E-state index is 0.248. The largest absolute Gasteiger partial charge is 0.399 e. The van der Waals surface area contributed by atoms with Gasteiger partial charge in [-0.05, 0) is 31.5 Å². The second-order valence-corrected chi connectivity index (χ2v) is 4.37. The van der Waals surface area contributed by atoms with Crippen molar-refractivity contribution in [1.29, 1.82) is 0 Å². The van der Waals surface area contributed by atoms with Crippen molar-refractivity contribution in [3.8, 4) is 0 Å². The molecule has 1 aliphatic rings. The van der Waals surface area contributed by atoms with Gasteiger partial charge in [0.1, 0.15) is 5.82 Å². The number of fused-ring (bicyclic) bond motifs is 1. The number of imidazole rings is 1. The number of ether oxygens (including phenoxy) is 1. The second kappa shape index (κ2) is 3.49. The molecule has 0 spiro atoms. The van der Waals surface area contributed by atoms with Crippen LogP contribution in [-0.4, -0.2) is 22.7 Å². The van der Waals surface area contributed by atoms with Crippen LogP contribution >= 0.6 is 0 Å². The number of hydrogen-bond donors (Lipinski definition) is 2. The fraction of sp³-hybridized carbons (Fsp3) is 0.417. The zero-order valence-corrected chi connectivity index (χ0v) is 9.23. The van der Waals surface area contributed by atoms with Gasteiger partial charge in [-0.3, -0.25) is 0 Å². The molecule has 1 aliphatic heterocycles. The molecule has 2 heterocycles. The second-order valence-electron chi connectivity index (χ2n) is 4.37. The fourth-order valence-electron chi connectivity index (χ4n) is 2.31. The normalized spacial score (nSPS) is 25.3. The first-order valence-corrected chi connectivity index (χ1v) is 5.61. The topological polar surface area (TPSA) is 63.9 Å². The molecule has 1 aromatic carbocycles. The SMILES string of the molecule is CC1OCCC1c1nc2ccc(N)cc2[nH]1. The number of nitrogens with two attached hydrogens (primary N) is 1. The quantitative estimate of drug-likeness (QED) is 0.718. The lowest BCUT2D eigenvalue weighted by Gasteiger charge is -2.09. The molecule has 3 N–H and O–H groups in total. The van der Waals surface area contributed by atoms with E-state index < -0.39 is 0 Å². The van der Waals surface area contributed by atoms with Crippen molar-refractivity contribution in [3.05, 3.63) is 24.0 Å². The maximum Gasteiger partial charge on any atom is 0.113 e. The fourth-order valence-corrected chi connectivity index (χ4v) is 2.31. The number of aromatic amines is 1. The third-order valence-corrected chi connectivity index (χ3v) is 3.25. The van der Waals surface area contributed by atoms with Gasteiger partial charge in [-0.15, -0.1) is 0 Å². The van der Waals surface area contributed by atoms with Gasteiger partial charge in [0.15, 0.2) is 0 Å². The Kier molecular flexibility index (Phi) is 2.11. The molecule has 1 fully saturated rings. The summed E-state index contributed by atoms with van der Waals surface area (Å²) in [6.45, 7) is 2.92. The summed E-state index contributed by atoms with van der Waals surface area (Å²) in [7, 11) is 0. The highest BCUT2D eigenvalue weighted by Crippen LogP contribution is 2.30. The third kappa shape index (κ3) is 1.46. The van der Waals surface area contributed by atoms with Crippen molar-refractivity contribution in [1.82, 2.24) is 9.97 Å². The Morgan fingerprint density at radius 3 is 3.12 bits per heavy atom. The van der Waals surface area contributed by atoms with E-state index in [1.54, 1.807) is 0 Å². The summed E-state index contributed by atoms with van der Waals surface area (Å²) in [6.07, 6.45) is 1.29. The number of nitrogen functional groups attached to an aromatic ring is 1. The van der Waals surface area contributed by atoms with Crippen molar-refractivity contribution < 1.29 is 4.74 Å². The van der Waals surface area contributed by atoms with Crippen molar-refractivity contribution in [2.75, 3.05) is 12.3 Å². The Labute approximate surface area is 93.8 Å². The molecule has 84 valence electrons. The molecule has 16 heavy (non-hydrogen) atoms. The Bertz CT molecular complexity index is 520. The molecule has 0 aliphatic carbocycles. The van der Waals surface area contributed by atoms with Crippen molar-refractivity contribution >= 4 is 16.7 Å². The predicted molar refractivity (Wildman–Crippen MR) is 63.3 cm³/mol. The van der Waals surface area contributed by atoms with Crippen LogP contribution in [0.25, 0.3) is 11.0 Å². The number of aromatic nitrogens is 2. The summed E-state index contributed by atoms with van der Waals surface area (Å²) in [5.41, 5.74) is 8.49. The standard InChI is InChI=1S/C12H15N3O/c1-7-9(4-5-16-7)12-14-10-3-2-8(13)6-11(10)15-12/h2-3,6-7,9H,4-5,13H2,1H3,(H,14,15). The average Bonchev–Trinajstić information content (AvgIpc) is 2.82. The van der Waals surface area contributed by atoms with Gasteiger partial charge in [0.2, 0.25) is 0 Å². The molecule has 4 nitrogen and oxygen atoms in total. The summed E-state index contributed by atoms with van der Waals surface area (Å²) in [5.74, 6) is 1.40. The van der Waals surface area contributed by atoms with Gasteiger partial charge in [-0.2, -0.15) is 0 Å². The van der Waals surface area contributed by atoms with Gasteiger partial charge >= 0.3 is 0 Å². The van der Waals surface area contributed by atoms with Gasteiger partial charge < -0.3 is 15.5 Å². The van der Waals surface area contributed by atoms with E-state index in [9.17, 15) is 0 Å². The van der Waals surface area contributed by atoms with Gasteiger partial charge in [0.25, 0.3) is 0 Å². The zero-order valence-electron chi connectivity index (χ0n) is 9.23. The molecule has 2 atom stereocenters. The van der Waals surface area contributed by atoms with Crippen LogP contribution in [0.2, 0.25) is 0 Å². The van der Waals surface area contributed by atoms with Crippen LogP contribution in [0.4, 0.5) is 5.69 Å². The van der Waals surface area contributed by atoms with Crippen LogP contribution in [0, 0.1) is 0 Å². The van der Waals surface area contributed by atoms with E-state index in [1.807, 2.05) is 18.2 Å². The molecule has 1 aromatic heterocycles. The summed E-state index contributed by atoms with van der Waals surface area (Å²) < 4.78 is 5.55. The van der Waals surface area contributed by atoms with Gasteiger partial charge in [-0.25, -0.2) is 4.98 Å². The number of nitrogens with one attached hydrogen (secondary N) is 1. The third-order valence-electron chi connectivity index (χ3n) is 3.25. The molecule has 0 radical (unpaired) electrons. The molecular weight excluding hydrogens is 202 g/mol. The Hall–Kier alpha value is -1.55. The van der Waals surface area contributed by atoms with Crippen LogP contribution in [-0.2, 0) is 4.74 Å². The summed E-state index contributed by atoms with van der Waals surface area (Å²) >= 11 is 0. The number of hydrogen-bond acceptors (Lipinski definition) is 3. The zero-order chi connectivity index (χ0) is 11.1. The molecule has 0 saturated carbocycles. The van der Waals surface area contributed by atoms with E-state index in [0.29, 0.717) is 5.92 Å². The summed E-state index contributed by atoms with van der Waals surface area (Å²) in [6, 6.07) is 5.75. The molecule has 0 amide bonds. The lowest BCUT2D eigenvalue weighted by Crippen LogP contribution is -2.10. The lowest BCUT2D eigenvalue weighted by molar-refractivity contribution is 0.117. The first-order valence-electron chi connectivity index (χ1n) is 5.61. The van der Waals surface area contributed by atoms with Gasteiger partial charge in [-0.1, -0.05) is 0 Å². The molecule has 1 saturated heterocycles. The number of benzene rings is 1. The number of H-pyrrole nitrogens is 1. The van der Waals surface area contributed by atoms with Crippen LogP contribution in [0.3, 0.4) is 0 Å². The minimum Gasteiger partial charge on any atom is -0.399 e. The molecule has 4 heteroatoms. The minimum absolute atomic E-state index is 0.248. The molecule has 3 rings (SSSR count). The van der Waals surface area contributed by atoms with E-state index in [0.717, 1.165) is 35.6 Å². The van der Waals surface area contributed by atoms with Gasteiger partial charge in [0.05, 0.1) is 17.1 Å². The van der Waals surface area contributed by atoms with E-state index in [4.69, 9.17) is 10.5 Å². The molecule has 2 unspecified atom stereocenters. The monoisotopic (exact) mass is 217 g/mol. The highest BCUT2D eigenvalue weighted by Gasteiger charge is 2.28. The summed E-state index contributed by atoms with van der Waals surface area (Å²) in [5, 5.41) is 0. The van der Waals surface area contributed by atoms with E-state index in [2.05, 4.69) is 16.9 Å². The number of rotatable bonds is 1. The Balaban J connectivity index is 2.04. The first kappa shape index (κ1) is 9.66. The smallest absolute Gasteiger partial charge is 0.113 e. The summed E-state index contributed by atoms with van der Waals surface area (Å²) in [4.78, 5) is 7.93. The van der Waals surface area contributed by atoms with Crippen LogP contribution in [0.1, 0.15) is 25.1 Å². The molecule has 2 aromatic rings. The maximum atomic E-state index is 5.74. The maximum absolute atomic E-state index is 5.74. The Morgan fingerprint density at radius 2 is 2.38 bits per heavy atom. The van der Waals surface area contributed by atoms with Crippen molar-refractivity contribution in [2.45, 2.75) is 25.4 Å². The molecular formula is C12H15N3O. The predicted octanol–water partition coefficient (Wildman–Crippen LogP) is 2.04. The lowest BCUT2D eigenvalue weighted by atomic mass is 10.0. The highest BCUT2D eigenvalue weighted by atomic mass is 16.5. The highest BCUT2D eigenvalue weighted by molar-refractivity contribution is 5.78. The number of anilines is 1. The van der Waals surface area contributed by atoms with E-state index in [-0.39, 0.29) is 6.10 Å². The van der Waals surface area contributed by atoms with Gasteiger partial charge in [0, 0.05) is 18.2 Å². The van der Waals surface area contributed by atoms with Crippen LogP contribution < -0.4 is 5.73 Å². The van der Waals surface area contributed by atoms with E-state index in [1.165, 1.54) is 0 Å². The van der Waals surface area contributed by atoms with E-state index >= 15 is 0 Å². The van der Waals surface area contributed by atoms with Crippen LogP contribution in [0.15, 0.2) is 18.2 Å². The van der Waals surface area contributed by atoms with Crippen LogP contribution in [0.5, 0.6) is 0 Å². The Morgan fingerprint density at radius 1 is 1.50 bits per heavy atom. The first-order chi connectivity index (χ1) is 7.74. The average molecular weight is 217 g/mol.